The van der Waals surface area contributed by atoms with Crippen molar-refractivity contribution >= 4 is 27.7 Å². The third-order valence-corrected chi connectivity index (χ3v) is 4.72. The number of benzene rings is 1. The number of anilines is 2. The van der Waals surface area contributed by atoms with Gasteiger partial charge >= 0.3 is 6.03 Å². The monoisotopic (exact) mass is 334 g/mol. The summed E-state index contributed by atoms with van der Waals surface area (Å²) in [7, 11) is -4.09. The van der Waals surface area contributed by atoms with Crippen LogP contribution in [0.1, 0.15) is 13.8 Å². The van der Waals surface area contributed by atoms with Gasteiger partial charge < -0.3 is 10.1 Å². The van der Waals surface area contributed by atoms with Gasteiger partial charge in [0.25, 0.3) is 10.0 Å². The normalized spacial score (nSPS) is 16.0. The molecule has 1 aliphatic rings. The first-order valence-electron chi connectivity index (χ1n) is 6.83. The second-order valence-electron chi connectivity index (χ2n) is 5.07. The van der Waals surface area contributed by atoms with Crippen LogP contribution in [0.5, 0.6) is 5.75 Å². The first kappa shape index (κ1) is 15.2. The van der Waals surface area contributed by atoms with Gasteiger partial charge in [-0.15, -0.1) is 4.31 Å². The van der Waals surface area contributed by atoms with Crippen molar-refractivity contribution in [2.45, 2.75) is 24.8 Å². The van der Waals surface area contributed by atoms with E-state index in [9.17, 15) is 13.2 Å². The predicted molar refractivity (Wildman–Crippen MR) is 82.9 cm³/mol. The molecule has 2 amide bonds. The third-order valence-electron chi connectivity index (χ3n) is 3.00. The van der Waals surface area contributed by atoms with E-state index in [1.807, 2.05) is 13.8 Å². The van der Waals surface area contributed by atoms with E-state index in [4.69, 9.17) is 4.74 Å². The van der Waals surface area contributed by atoms with Crippen LogP contribution in [0.4, 0.5) is 16.4 Å². The Morgan fingerprint density at radius 2 is 1.91 bits per heavy atom. The van der Waals surface area contributed by atoms with Crippen molar-refractivity contribution < 1.29 is 17.9 Å². The van der Waals surface area contributed by atoms with E-state index < -0.39 is 16.1 Å². The van der Waals surface area contributed by atoms with Gasteiger partial charge in [0.15, 0.2) is 0 Å². The number of aromatic nitrogens is 2. The molecule has 1 aromatic carbocycles. The fourth-order valence-corrected chi connectivity index (χ4v) is 3.54. The van der Waals surface area contributed by atoms with E-state index in [2.05, 4.69) is 15.3 Å². The summed E-state index contributed by atoms with van der Waals surface area (Å²) in [6.07, 6.45) is 2.65. The summed E-state index contributed by atoms with van der Waals surface area (Å²) in [5.41, 5.74) is 0.167. The molecule has 0 aliphatic carbocycles. The number of urea groups is 1. The number of sulfonamides is 1. The van der Waals surface area contributed by atoms with Crippen LogP contribution < -0.4 is 14.4 Å². The quantitative estimate of drug-likeness (QED) is 0.921. The van der Waals surface area contributed by atoms with Crippen molar-refractivity contribution in [3.8, 4) is 5.75 Å². The molecule has 8 nitrogen and oxygen atoms in total. The van der Waals surface area contributed by atoms with Gasteiger partial charge in [-0.3, -0.25) is 0 Å². The highest BCUT2D eigenvalue weighted by atomic mass is 32.2. The largest absolute Gasteiger partial charge is 0.491 e. The first-order chi connectivity index (χ1) is 10.9. The van der Waals surface area contributed by atoms with Crippen molar-refractivity contribution in [2.75, 3.05) is 9.62 Å². The van der Waals surface area contributed by atoms with Crippen molar-refractivity contribution in [1.29, 1.82) is 0 Å². The van der Waals surface area contributed by atoms with Crippen molar-refractivity contribution in [1.82, 2.24) is 9.97 Å². The molecule has 9 heteroatoms. The molecular weight excluding hydrogens is 320 g/mol. The Morgan fingerprint density at radius 3 is 2.57 bits per heavy atom. The Bertz CT molecular complexity index is 852. The van der Waals surface area contributed by atoms with Crippen LogP contribution in [-0.4, -0.2) is 30.5 Å². The number of hydrogen-bond acceptors (Lipinski definition) is 6. The molecule has 3 rings (SSSR count). The van der Waals surface area contributed by atoms with Gasteiger partial charge in [0, 0.05) is 18.5 Å². The van der Waals surface area contributed by atoms with E-state index in [1.165, 1.54) is 36.7 Å². The smallest absolute Gasteiger partial charge is 0.343 e. The van der Waals surface area contributed by atoms with E-state index >= 15 is 0 Å². The molecule has 0 saturated carbocycles. The molecule has 2 aromatic rings. The van der Waals surface area contributed by atoms with Crippen molar-refractivity contribution in [3.63, 3.8) is 0 Å². The average molecular weight is 334 g/mol. The SMILES string of the molecule is CC(C)Oc1ccc2c(c1)NC(=O)N(c1ncccn1)S2(=O)=O. The summed E-state index contributed by atoms with van der Waals surface area (Å²) in [5, 5.41) is 2.53. The number of fused-ring (bicyclic) bond motifs is 1. The maximum Gasteiger partial charge on any atom is 0.343 e. The molecule has 0 fully saturated rings. The second kappa shape index (κ2) is 5.51. The summed E-state index contributed by atoms with van der Waals surface area (Å²) >= 11 is 0. The minimum Gasteiger partial charge on any atom is -0.491 e. The predicted octanol–water partition coefficient (Wildman–Crippen LogP) is 2.00. The topological polar surface area (TPSA) is 101 Å². The molecular formula is C14H14N4O4S. The van der Waals surface area contributed by atoms with E-state index in [1.54, 1.807) is 0 Å². The zero-order valence-corrected chi connectivity index (χ0v) is 13.2. The molecule has 0 bridgehead atoms. The lowest BCUT2D eigenvalue weighted by Crippen LogP contribution is -2.45. The van der Waals surface area contributed by atoms with E-state index in [0.717, 1.165) is 0 Å². The van der Waals surface area contributed by atoms with Crippen LogP contribution in [-0.2, 0) is 10.0 Å². The highest BCUT2D eigenvalue weighted by Gasteiger charge is 2.39. The summed E-state index contributed by atoms with van der Waals surface area (Å²) in [6.45, 7) is 3.70. The number of nitrogens with zero attached hydrogens (tertiary/aromatic N) is 3. The molecule has 0 unspecified atom stereocenters. The highest BCUT2D eigenvalue weighted by Crippen LogP contribution is 2.34. The zero-order chi connectivity index (χ0) is 16.6. The van der Waals surface area contributed by atoms with Crippen LogP contribution >= 0.6 is 0 Å². The van der Waals surface area contributed by atoms with Gasteiger partial charge in [-0.1, -0.05) is 0 Å². The minimum atomic E-state index is -4.09. The molecule has 0 saturated heterocycles. The Kier molecular flexibility index (Phi) is 3.64. The molecule has 120 valence electrons. The Balaban J connectivity index is 2.08. The molecule has 0 spiro atoms. The number of nitrogens with one attached hydrogen (secondary N) is 1. The number of hydrogen-bond donors (Lipinski definition) is 1. The standard InChI is InChI=1S/C14H14N4O4S/c1-9(2)22-10-4-5-12-11(8-10)17-14(19)18(23(12,20)21)13-15-6-3-7-16-13/h3-9H,1-2H3,(H,17,19). The Morgan fingerprint density at radius 1 is 1.22 bits per heavy atom. The Labute approximate surface area is 133 Å². The highest BCUT2D eigenvalue weighted by molar-refractivity contribution is 7.93. The fourth-order valence-electron chi connectivity index (χ4n) is 2.15. The van der Waals surface area contributed by atoms with Gasteiger partial charge in [-0.25, -0.2) is 23.2 Å². The first-order valence-corrected chi connectivity index (χ1v) is 8.27. The van der Waals surface area contributed by atoms with Crippen molar-refractivity contribution in [3.05, 3.63) is 36.7 Å². The molecule has 23 heavy (non-hydrogen) atoms. The van der Waals surface area contributed by atoms with Gasteiger partial charge in [0.05, 0.1) is 11.8 Å². The van der Waals surface area contributed by atoms with E-state index in [0.29, 0.717) is 10.1 Å². The van der Waals surface area contributed by atoms with Gasteiger partial charge in [-0.05, 0) is 32.0 Å². The number of carbonyl (C=O) groups is 1. The minimum absolute atomic E-state index is 0.0411. The number of amides is 2. The molecule has 1 aromatic heterocycles. The number of ether oxygens (including phenoxy) is 1. The molecule has 1 aliphatic heterocycles. The molecule has 0 radical (unpaired) electrons. The summed E-state index contributed by atoms with van der Waals surface area (Å²) < 4.78 is 31.4. The lowest BCUT2D eigenvalue weighted by atomic mass is 10.3. The van der Waals surface area contributed by atoms with Crippen LogP contribution in [0.25, 0.3) is 0 Å². The van der Waals surface area contributed by atoms with Gasteiger partial charge in [-0.2, -0.15) is 0 Å². The van der Waals surface area contributed by atoms with Crippen LogP contribution in [0.3, 0.4) is 0 Å². The fraction of sp³-hybridized carbons (Fsp3) is 0.214. The lowest BCUT2D eigenvalue weighted by molar-refractivity contribution is 0.242. The maximum absolute atomic E-state index is 12.7. The molecule has 2 heterocycles. The average Bonchev–Trinajstić information content (AvgIpc) is 2.46. The number of carbonyl (C=O) groups excluding carboxylic acids is 1. The summed E-state index contributed by atoms with van der Waals surface area (Å²) in [5.74, 6) is 0.261. The van der Waals surface area contributed by atoms with Crippen molar-refractivity contribution in [2.24, 2.45) is 0 Å². The molecule has 0 atom stereocenters. The summed E-state index contributed by atoms with van der Waals surface area (Å²) in [4.78, 5) is 19.8. The van der Waals surface area contributed by atoms with Gasteiger partial charge in [0.1, 0.15) is 10.6 Å². The summed E-state index contributed by atoms with van der Waals surface area (Å²) in [6, 6.07) is 5.09. The zero-order valence-electron chi connectivity index (χ0n) is 12.4. The van der Waals surface area contributed by atoms with Gasteiger partial charge in [0.2, 0.25) is 5.95 Å². The number of rotatable bonds is 3. The van der Waals surface area contributed by atoms with Crippen LogP contribution in [0, 0.1) is 0 Å². The third kappa shape index (κ3) is 2.70. The Hall–Kier alpha value is -2.68. The van der Waals surface area contributed by atoms with Crippen LogP contribution in [0.2, 0.25) is 0 Å². The maximum atomic E-state index is 12.7. The van der Waals surface area contributed by atoms with E-state index in [-0.39, 0.29) is 22.6 Å². The lowest BCUT2D eigenvalue weighted by Gasteiger charge is -2.27. The van der Waals surface area contributed by atoms with Crippen LogP contribution in [0.15, 0.2) is 41.6 Å². The second-order valence-corrected chi connectivity index (χ2v) is 6.83. The molecule has 1 N–H and O–H groups in total.